The van der Waals surface area contributed by atoms with Crippen molar-refractivity contribution in [2.24, 2.45) is 17.6 Å². The van der Waals surface area contributed by atoms with Gasteiger partial charge in [0.25, 0.3) is 0 Å². The Morgan fingerprint density at radius 1 is 1.37 bits per heavy atom. The van der Waals surface area contributed by atoms with Crippen LogP contribution in [0.3, 0.4) is 0 Å². The molecule has 0 aromatic heterocycles. The molecule has 1 saturated carbocycles. The molecule has 0 radical (unpaired) electrons. The SMILES string of the molecule is Cc1cc(CN)cc(S(=O)(=O)NCC2CC2C)c1C. The molecule has 2 atom stereocenters. The molecule has 0 bridgehead atoms. The Kier molecular flexibility index (Phi) is 3.99. The summed E-state index contributed by atoms with van der Waals surface area (Å²) in [6.45, 7) is 6.78. The van der Waals surface area contributed by atoms with E-state index in [9.17, 15) is 8.42 Å². The van der Waals surface area contributed by atoms with Crippen molar-refractivity contribution < 1.29 is 8.42 Å². The molecule has 2 unspecified atom stereocenters. The monoisotopic (exact) mass is 282 g/mol. The van der Waals surface area contributed by atoms with E-state index < -0.39 is 10.0 Å². The molecule has 0 spiro atoms. The summed E-state index contributed by atoms with van der Waals surface area (Å²) in [6, 6.07) is 3.62. The van der Waals surface area contributed by atoms with Crippen LogP contribution in [0.2, 0.25) is 0 Å². The van der Waals surface area contributed by atoms with Crippen LogP contribution in [0.15, 0.2) is 17.0 Å². The number of rotatable bonds is 5. The molecule has 4 nitrogen and oxygen atoms in total. The molecule has 106 valence electrons. The van der Waals surface area contributed by atoms with Crippen molar-refractivity contribution in [3.63, 3.8) is 0 Å². The highest BCUT2D eigenvalue weighted by atomic mass is 32.2. The molecule has 1 aromatic carbocycles. The minimum absolute atomic E-state index is 0.350. The number of sulfonamides is 1. The van der Waals surface area contributed by atoms with E-state index in [0.29, 0.717) is 29.8 Å². The summed E-state index contributed by atoms with van der Waals surface area (Å²) in [5.74, 6) is 1.13. The van der Waals surface area contributed by atoms with E-state index in [1.54, 1.807) is 6.07 Å². The van der Waals surface area contributed by atoms with E-state index in [4.69, 9.17) is 5.73 Å². The average Bonchev–Trinajstić information content (AvgIpc) is 3.06. The second kappa shape index (κ2) is 5.23. The number of hydrogen-bond donors (Lipinski definition) is 2. The maximum Gasteiger partial charge on any atom is 0.240 e. The Hall–Kier alpha value is -0.910. The number of nitrogens with one attached hydrogen (secondary N) is 1. The van der Waals surface area contributed by atoms with Gasteiger partial charge in [-0.1, -0.05) is 13.0 Å². The Balaban J connectivity index is 2.25. The van der Waals surface area contributed by atoms with Crippen molar-refractivity contribution in [3.8, 4) is 0 Å². The fourth-order valence-corrected chi connectivity index (χ4v) is 3.73. The van der Waals surface area contributed by atoms with Gasteiger partial charge in [0.05, 0.1) is 4.90 Å². The lowest BCUT2D eigenvalue weighted by Gasteiger charge is -2.13. The molecule has 0 saturated heterocycles. The Labute approximate surface area is 115 Å². The van der Waals surface area contributed by atoms with Crippen molar-refractivity contribution >= 4 is 10.0 Å². The first-order valence-electron chi connectivity index (χ1n) is 6.65. The summed E-state index contributed by atoms with van der Waals surface area (Å²) in [4.78, 5) is 0.362. The second-order valence-corrected chi connectivity index (χ2v) is 7.30. The predicted molar refractivity (Wildman–Crippen MR) is 76.3 cm³/mol. The number of benzene rings is 1. The average molecular weight is 282 g/mol. The zero-order chi connectivity index (χ0) is 14.2. The van der Waals surface area contributed by atoms with Crippen molar-refractivity contribution in [3.05, 3.63) is 28.8 Å². The molecule has 1 aromatic rings. The minimum Gasteiger partial charge on any atom is -0.326 e. The topological polar surface area (TPSA) is 72.2 Å². The lowest BCUT2D eigenvalue weighted by molar-refractivity contribution is 0.573. The van der Waals surface area contributed by atoms with E-state index in [-0.39, 0.29) is 0 Å². The lowest BCUT2D eigenvalue weighted by atomic mass is 10.1. The Bertz CT molecular complexity index is 581. The van der Waals surface area contributed by atoms with Crippen LogP contribution in [0.25, 0.3) is 0 Å². The van der Waals surface area contributed by atoms with Crippen molar-refractivity contribution in [2.75, 3.05) is 6.54 Å². The molecule has 1 fully saturated rings. The van der Waals surface area contributed by atoms with Gasteiger partial charge < -0.3 is 5.73 Å². The zero-order valence-electron chi connectivity index (χ0n) is 11.7. The standard InChI is InChI=1S/C14H22N2O2S/c1-9-4-12(7-15)6-14(11(9)3)19(17,18)16-8-13-5-10(13)2/h4,6,10,13,16H,5,7-8,15H2,1-3H3. The maximum absolute atomic E-state index is 12.4. The first-order chi connectivity index (χ1) is 8.85. The quantitative estimate of drug-likeness (QED) is 0.863. The lowest BCUT2D eigenvalue weighted by Crippen LogP contribution is -2.27. The summed E-state index contributed by atoms with van der Waals surface area (Å²) >= 11 is 0. The van der Waals surface area contributed by atoms with Crippen LogP contribution < -0.4 is 10.5 Å². The van der Waals surface area contributed by atoms with Crippen molar-refractivity contribution in [1.82, 2.24) is 4.72 Å². The second-order valence-electron chi connectivity index (χ2n) is 5.56. The molecule has 19 heavy (non-hydrogen) atoms. The van der Waals surface area contributed by atoms with Crippen molar-refractivity contribution in [2.45, 2.75) is 38.6 Å². The van der Waals surface area contributed by atoms with Gasteiger partial charge in [-0.25, -0.2) is 13.1 Å². The van der Waals surface area contributed by atoms with E-state index in [0.717, 1.165) is 23.1 Å². The largest absolute Gasteiger partial charge is 0.326 e. The number of aryl methyl sites for hydroxylation is 1. The van der Waals surface area contributed by atoms with E-state index >= 15 is 0 Å². The van der Waals surface area contributed by atoms with E-state index in [1.165, 1.54) is 0 Å². The van der Waals surface area contributed by atoms with Gasteiger partial charge >= 0.3 is 0 Å². The molecule has 1 aliphatic rings. The third-order valence-corrected chi connectivity index (χ3v) is 5.57. The molecule has 2 rings (SSSR count). The third-order valence-electron chi connectivity index (χ3n) is 4.02. The van der Waals surface area contributed by atoms with Crippen LogP contribution in [0, 0.1) is 25.7 Å². The summed E-state index contributed by atoms with van der Waals surface area (Å²) in [7, 11) is -3.43. The smallest absolute Gasteiger partial charge is 0.240 e. The highest BCUT2D eigenvalue weighted by molar-refractivity contribution is 7.89. The van der Waals surface area contributed by atoms with Gasteiger partial charge in [-0.2, -0.15) is 0 Å². The first-order valence-corrected chi connectivity index (χ1v) is 8.13. The number of hydrogen-bond acceptors (Lipinski definition) is 3. The van der Waals surface area contributed by atoms with Crippen LogP contribution >= 0.6 is 0 Å². The number of nitrogens with two attached hydrogens (primary N) is 1. The summed E-state index contributed by atoms with van der Waals surface area (Å²) in [6.07, 6.45) is 1.11. The molecule has 5 heteroatoms. The molecule has 1 aliphatic carbocycles. The third kappa shape index (κ3) is 3.16. The van der Waals surface area contributed by atoms with Gasteiger partial charge in [-0.05, 0) is 54.9 Å². The molecule has 3 N–H and O–H groups in total. The highest BCUT2D eigenvalue weighted by Crippen LogP contribution is 2.37. The highest BCUT2D eigenvalue weighted by Gasteiger charge is 2.33. The summed E-state index contributed by atoms with van der Waals surface area (Å²) in [5.41, 5.74) is 8.23. The molecule has 0 heterocycles. The van der Waals surface area contributed by atoms with Crippen LogP contribution in [-0.4, -0.2) is 15.0 Å². The summed E-state index contributed by atoms with van der Waals surface area (Å²) < 4.78 is 27.4. The Morgan fingerprint density at radius 2 is 2.00 bits per heavy atom. The van der Waals surface area contributed by atoms with Gasteiger partial charge in [-0.15, -0.1) is 0 Å². The van der Waals surface area contributed by atoms with Crippen LogP contribution in [0.5, 0.6) is 0 Å². The summed E-state index contributed by atoms with van der Waals surface area (Å²) in [5, 5.41) is 0. The fourth-order valence-electron chi connectivity index (χ4n) is 2.27. The molecular formula is C14H22N2O2S. The van der Waals surface area contributed by atoms with Crippen LogP contribution in [0.4, 0.5) is 0 Å². The first kappa shape index (κ1) is 14.5. The van der Waals surface area contributed by atoms with E-state index in [1.807, 2.05) is 19.9 Å². The van der Waals surface area contributed by atoms with Gasteiger partial charge in [0.2, 0.25) is 10.0 Å². The normalized spacial score (nSPS) is 22.5. The molecular weight excluding hydrogens is 260 g/mol. The Morgan fingerprint density at radius 3 is 2.53 bits per heavy atom. The molecule has 0 amide bonds. The van der Waals surface area contributed by atoms with Gasteiger partial charge in [0.15, 0.2) is 0 Å². The van der Waals surface area contributed by atoms with Crippen LogP contribution in [0.1, 0.15) is 30.0 Å². The minimum atomic E-state index is -3.43. The van der Waals surface area contributed by atoms with Crippen LogP contribution in [-0.2, 0) is 16.6 Å². The fraction of sp³-hybridized carbons (Fsp3) is 0.571. The maximum atomic E-state index is 12.4. The van der Waals surface area contributed by atoms with E-state index in [2.05, 4.69) is 11.6 Å². The van der Waals surface area contributed by atoms with Gasteiger partial charge in [-0.3, -0.25) is 0 Å². The molecule has 0 aliphatic heterocycles. The van der Waals surface area contributed by atoms with Gasteiger partial charge in [0, 0.05) is 13.1 Å². The van der Waals surface area contributed by atoms with Gasteiger partial charge in [0.1, 0.15) is 0 Å². The predicted octanol–water partition coefficient (Wildman–Crippen LogP) is 1.70. The van der Waals surface area contributed by atoms with Crippen molar-refractivity contribution in [1.29, 1.82) is 0 Å². The zero-order valence-corrected chi connectivity index (χ0v) is 12.5.